The van der Waals surface area contributed by atoms with Crippen LogP contribution in [0.5, 0.6) is 0 Å². The second kappa shape index (κ2) is 4.65. The van der Waals surface area contributed by atoms with Crippen LogP contribution >= 0.6 is 0 Å². The van der Waals surface area contributed by atoms with Crippen molar-refractivity contribution in [3.05, 3.63) is 66.7 Å². The summed E-state index contributed by atoms with van der Waals surface area (Å²) in [4.78, 5) is 0.494. The molecule has 102 valence electrons. The van der Waals surface area contributed by atoms with Gasteiger partial charge in [-0.05, 0) is 27.6 Å². The first-order valence-corrected chi connectivity index (χ1v) is 7.80. The molecule has 3 heteroatoms. The third-order valence-corrected chi connectivity index (χ3v) is 4.68. The molecule has 0 bridgehead atoms. The van der Waals surface area contributed by atoms with Gasteiger partial charge < -0.3 is 4.55 Å². The molecule has 1 atom stereocenters. The SMILES string of the molecule is O=S(O)c1c2ccccc2cc2c1ccc1ccccc12. The first-order chi connectivity index (χ1) is 10.3. The predicted molar refractivity (Wildman–Crippen MR) is 88.0 cm³/mol. The summed E-state index contributed by atoms with van der Waals surface area (Å²) in [6.45, 7) is 0. The fraction of sp³-hybridized carbons (Fsp3) is 0. The third kappa shape index (κ3) is 1.86. The summed E-state index contributed by atoms with van der Waals surface area (Å²) >= 11 is -2.02. The Balaban J connectivity index is 2.33. The molecule has 4 aromatic carbocycles. The van der Waals surface area contributed by atoms with Crippen molar-refractivity contribution in [1.82, 2.24) is 0 Å². The van der Waals surface area contributed by atoms with Crippen molar-refractivity contribution in [2.75, 3.05) is 0 Å². The van der Waals surface area contributed by atoms with Crippen molar-refractivity contribution in [2.45, 2.75) is 4.90 Å². The van der Waals surface area contributed by atoms with E-state index in [0.717, 1.165) is 32.3 Å². The van der Waals surface area contributed by atoms with Crippen molar-refractivity contribution in [1.29, 1.82) is 0 Å². The summed E-state index contributed by atoms with van der Waals surface area (Å²) in [6, 6.07) is 21.9. The Morgan fingerprint density at radius 1 is 0.667 bits per heavy atom. The van der Waals surface area contributed by atoms with Gasteiger partial charge in [0.2, 0.25) is 0 Å². The van der Waals surface area contributed by atoms with Gasteiger partial charge in [0.1, 0.15) is 0 Å². The fourth-order valence-electron chi connectivity index (χ4n) is 2.97. The van der Waals surface area contributed by atoms with Gasteiger partial charge in [0.15, 0.2) is 11.1 Å². The Morgan fingerprint density at radius 2 is 1.33 bits per heavy atom. The molecule has 0 saturated heterocycles. The molecule has 4 rings (SSSR count). The van der Waals surface area contributed by atoms with E-state index in [-0.39, 0.29) is 0 Å². The van der Waals surface area contributed by atoms with Crippen LogP contribution in [0.2, 0.25) is 0 Å². The van der Waals surface area contributed by atoms with E-state index in [1.807, 2.05) is 48.5 Å². The molecule has 0 fully saturated rings. The summed E-state index contributed by atoms with van der Waals surface area (Å²) in [6.07, 6.45) is 0. The minimum absolute atomic E-state index is 0.494. The van der Waals surface area contributed by atoms with Crippen LogP contribution in [0.15, 0.2) is 71.6 Å². The highest BCUT2D eigenvalue weighted by atomic mass is 32.2. The molecule has 4 aromatic rings. The Kier molecular flexibility index (Phi) is 2.77. The lowest BCUT2D eigenvalue weighted by atomic mass is 9.98. The minimum atomic E-state index is -2.02. The molecule has 0 aliphatic carbocycles. The molecular weight excluding hydrogens is 280 g/mol. The van der Waals surface area contributed by atoms with Gasteiger partial charge in [0.05, 0.1) is 4.90 Å². The summed E-state index contributed by atoms with van der Waals surface area (Å²) < 4.78 is 21.6. The van der Waals surface area contributed by atoms with Crippen molar-refractivity contribution < 1.29 is 8.76 Å². The Labute approximate surface area is 124 Å². The van der Waals surface area contributed by atoms with Crippen LogP contribution in [-0.4, -0.2) is 8.76 Å². The van der Waals surface area contributed by atoms with Crippen LogP contribution in [0, 0.1) is 0 Å². The molecule has 0 heterocycles. The maximum atomic E-state index is 11.9. The van der Waals surface area contributed by atoms with Crippen LogP contribution in [-0.2, 0) is 11.1 Å². The molecule has 0 saturated carbocycles. The average molecular weight is 292 g/mol. The van der Waals surface area contributed by atoms with Gasteiger partial charge in [0.25, 0.3) is 0 Å². The molecule has 21 heavy (non-hydrogen) atoms. The quantitative estimate of drug-likeness (QED) is 0.313. The molecular formula is C18H12O2S. The monoisotopic (exact) mass is 292 g/mol. The zero-order chi connectivity index (χ0) is 14.4. The van der Waals surface area contributed by atoms with Gasteiger partial charge in [-0.15, -0.1) is 0 Å². The molecule has 0 amide bonds. The van der Waals surface area contributed by atoms with Crippen LogP contribution in [0.3, 0.4) is 0 Å². The summed E-state index contributed by atoms with van der Waals surface area (Å²) in [7, 11) is 0. The van der Waals surface area contributed by atoms with E-state index in [1.54, 1.807) is 0 Å². The van der Waals surface area contributed by atoms with E-state index in [1.165, 1.54) is 0 Å². The smallest absolute Gasteiger partial charge is 0.187 e. The predicted octanol–water partition coefficient (Wildman–Crippen LogP) is 4.73. The van der Waals surface area contributed by atoms with Crippen molar-refractivity contribution in [3.63, 3.8) is 0 Å². The molecule has 1 unspecified atom stereocenters. The first kappa shape index (κ1) is 12.5. The first-order valence-electron chi connectivity index (χ1n) is 6.70. The standard InChI is InChI=1S/C18H12O2S/c19-21(20)18-15-8-4-2-6-13(15)11-17-14-7-3-1-5-12(14)9-10-16(17)18/h1-11H,(H,19,20). The molecule has 0 aliphatic rings. The highest BCUT2D eigenvalue weighted by Crippen LogP contribution is 2.34. The maximum absolute atomic E-state index is 11.9. The van der Waals surface area contributed by atoms with Gasteiger partial charge in [-0.1, -0.05) is 60.7 Å². The minimum Gasteiger partial charge on any atom is -0.302 e. The third-order valence-electron chi connectivity index (χ3n) is 3.90. The zero-order valence-electron chi connectivity index (χ0n) is 11.1. The molecule has 2 nitrogen and oxygen atoms in total. The maximum Gasteiger partial charge on any atom is 0.187 e. The van der Waals surface area contributed by atoms with Gasteiger partial charge in [-0.25, -0.2) is 4.21 Å². The topological polar surface area (TPSA) is 37.3 Å². The Morgan fingerprint density at radius 3 is 2.10 bits per heavy atom. The zero-order valence-corrected chi connectivity index (χ0v) is 11.9. The number of hydrogen-bond donors (Lipinski definition) is 1. The lowest BCUT2D eigenvalue weighted by Gasteiger charge is -2.10. The van der Waals surface area contributed by atoms with Crippen LogP contribution in [0.1, 0.15) is 0 Å². The summed E-state index contributed by atoms with van der Waals surface area (Å²) in [5.74, 6) is 0. The molecule has 0 aliphatic heterocycles. The lowest BCUT2D eigenvalue weighted by molar-refractivity contribution is 0.566. The Hall–Kier alpha value is -2.23. The number of benzene rings is 4. The van der Waals surface area contributed by atoms with Crippen molar-refractivity contribution in [2.24, 2.45) is 0 Å². The van der Waals surface area contributed by atoms with E-state index < -0.39 is 11.1 Å². The Bertz CT molecular complexity index is 1020. The second-order valence-electron chi connectivity index (χ2n) is 5.06. The van der Waals surface area contributed by atoms with E-state index in [0.29, 0.717) is 4.90 Å². The van der Waals surface area contributed by atoms with E-state index >= 15 is 0 Å². The fourth-order valence-corrected chi connectivity index (χ4v) is 3.71. The number of fused-ring (bicyclic) bond motifs is 4. The number of rotatable bonds is 1. The van der Waals surface area contributed by atoms with Gasteiger partial charge >= 0.3 is 0 Å². The van der Waals surface area contributed by atoms with E-state index in [2.05, 4.69) is 18.2 Å². The van der Waals surface area contributed by atoms with Crippen molar-refractivity contribution >= 4 is 43.4 Å². The highest BCUT2D eigenvalue weighted by Gasteiger charge is 2.13. The normalized spacial score (nSPS) is 13.0. The molecule has 0 spiro atoms. The average Bonchev–Trinajstić information content (AvgIpc) is 2.52. The van der Waals surface area contributed by atoms with E-state index in [4.69, 9.17) is 0 Å². The second-order valence-corrected chi connectivity index (χ2v) is 5.96. The van der Waals surface area contributed by atoms with Crippen LogP contribution in [0.4, 0.5) is 0 Å². The highest BCUT2D eigenvalue weighted by molar-refractivity contribution is 7.79. The molecule has 0 aromatic heterocycles. The van der Waals surface area contributed by atoms with Crippen molar-refractivity contribution in [3.8, 4) is 0 Å². The largest absolute Gasteiger partial charge is 0.302 e. The van der Waals surface area contributed by atoms with Crippen LogP contribution in [0.25, 0.3) is 32.3 Å². The molecule has 1 N–H and O–H groups in total. The van der Waals surface area contributed by atoms with Gasteiger partial charge in [0, 0.05) is 10.8 Å². The number of hydrogen-bond acceptors (Lipinski definition) is 1. The van der Waals surface area contributed by atoms with E-state index in [9.17, 15) is 8.76 Å². The summed E-state index contributed by atoms with van der Waals surface area (Å²) in [5, 5.41) is 5.92. The summed E-state index contributed by atoms with van der Waals surface area (Å²) in [5.41, 5.74) is 0. The lowest BCUT2D eigenvalue weighted by Crippen LogP contribution is -1.93. The van der Waals surface area contributed by atoms with Gasteiger partial charge in [-0.2, -0.15) is 0 Å². The molecule has 0 radical (unpaired) electrons. The van der Waals surface area contributed by atoms with Crippen LogP contribution < -0.4 is 0 Å². The van der Waals surface area contributed by atoms with Gasteiger partial charge in [-0.3, -0.25) is 0 Å².